The average molecular weight is 243 g/mol. The molecule has 2 nitrogen and oxygen atoms in total. The van der Waals surface area contributed by atoms with Crippen molar-refractivity contribution >= 4 is 5.69 Å². The predicted octanol–water partition coefficient (Wildman–Crippen LogP) is 3.76. The normalized spacial score (nSPS) is 17.7. The number of fused-ring (bicyclic) bond motifs is 1. The molecular formula is C15H14FNO. The van der Waals surface area contributed by atoms with Crippen LogP contribution < -0.4 is 10.1 Å². The first-order valence-electron chi connectivity index (χ1n) is 6.07. The Bertz CT molecular complexity index is 556. The van der Waals surface area contributed by atoms with Crippen LogP contribution in [0.5, 0.6) is 5.75 Å². The number of hydrogen-bond donors (Lipinski definition) is 1. The van der Waals surface area contributed by atoms with Gasteiger partial charge in [0.2, 0.25) is 0 Å². The van der Waals surface area contributed by atoms with E-state index in [1.54, 1.807) is 12.1 Å². The van der Waals surface area contributed by atoms with Gasteiger partial charge in [-0.2, -0.15) is 0 Å². The number of anilines is 1. The maximum Gasteiger partial charge on any atom is 0.146 e. The van der Waals surface area contributed by atoms with Crippen molar-refractivity contribution in [2.24, 2.45) is 0 Å². The van der Waals surface area contributed by atoms with Gasteiger partial charge in [-0.3, -0.25) is 0 Å². The Labute approximate surface area is 105 Å². The second kappa shape index (κ2) is 4.69. The van der Waals surface area contributed by atoms with Gasteiger partial charge in [0.25, 0.3) is 0 Å². The Morgan fingerprint density at radius 3 is 2.72 bits per heavy atom. The number of rotatable bonds is 2. The zero-order chi connectivity index (χ0) is 12.4. The lowest BCUT2D eigenvalue weighted by Crippen LogP contribution is -2.20. The van der Waals surface area contributed by atoms with E-state index in [0.717, 1.165) is 17.7 Å². The molecule has 0 amide bonds. The summed E-state index contributed by atoms with van der Waals surface area (Å²) < 4.78 is 19.2. The number of nitrogens with one attached hydrogen (secondary N) is 1. The molecule has 1 atom stereocenters. The molecule has 0 bridgehead atoms. The number of hydrogen-bond acceptors (Lipinski definition) is 2. The number of halogens is 1. The summed E-state index contributed by atoms with van der Waals surface area (Å²) in [7, 11) is 0. The minimum Gasteiger partial charge on any atom is -0.493 e. The molecule has 0 aliphatic carbocycles. The Morgan fingerprint density at radius 2 is 1.83 bits per heavy atom. The number of benzene rings is 2. The van der Waals surface area contributed by atoms with Crippen LogP contribution in [0, 0.1) is 5.82 Å². The van der Waals surface area contributed by atoms with Crippen molar-refractivity contribution in [2.75, 3.05) is 11.9 Å². The molecule has 1 heterocycles. The van der Waals surface area contributed by atoms with Gasteiger partial charge < -0.3 is 10.1 Å². The van der Waals surface area contributed by atoms with Crippen LogP contribution in [0.15, 0.2) is 48.5 Å². The standard InChI is InChI=1S/C15H14FNO/c16-12-6-2-3-7-14(12)17-13-9-10-18-15-8-4-1-5-11(13)15/h1-8,13,17H,9-10H2. The summed E-state index contributed by atoms with van der Waals surface area (Å²) in [6, 6.07) is 14.7. The Hall–Kier alpha value is -2.03. The molecule has 18 heavy (non-hydrogen) atoms. The van der Waals surface area contributed by atoms with Gasteiger partial charge in [-0.25, -0.2) is 4.39 Å². The summed E-state index contributed by atoms with van der Waals surface area (Å²) in [5, 5.41) is 3.25. The molecule has 0 radical (unpaired) electrons. The van der Waals surface area contributed by atoms with Gasteiger partial charge in [-0.1, -0.05) is 30.3 Å². The first-order chi connectivity index (χ1) is 8.84. The smallest absolute Gasteiger partial charge is 0.146 e. The Balaban J connectivity index is 1.89. The van der Waals surface area contributed by atoms with Crippen LogP contribution in [0.3, 0.4) is 0 Å². The van der Waals surface area contributed by atoms with Crippen LogP contribution in [0.4, 0.5) is 10.1 Å². The van der Waals surface area contributed by atoms with E-state index in [-0.39, 0.29) is 11.9 Å². The maximum absolute atomic E-state index is 13.6. The summed E-state index contributed by atoms with van der Waals surface area (Å²) in [5.41, 5.74) is 1.63. The Kier molecular flexibility index (Phi) is 2.89. The zero-order valence-electron chi connectivity index (χ0n) is 9.90. The van der Waals surface area contributed by atoms with Crippen LogP contribution in [-0.2, 0) is 0 Å². The maximum atomic E-state index is 13.6. The highest BCUT2D eigenvalue weighted by Crippen LogP contribution is 2.34. The predicted molar refractivity (Wildman–Crippen MR) is 69.3 cm³/mol. The highest BCUT2D eigenvalue weighted by molar-refractivity contribution is 5.49. The fourth-order valence-corrected chi connectivity index (χ4v) is 2.26. The monoisotopic (exact) mass is 243 g/mol. The van der Waals surface area contributed by atoms with Crippen molar-refractivity contribution in [3.63, 3.8) is 0 Å². The number of para-hydroxylation sites is 2. The molecular weight excluding hydrogens is 229 g/mol. The molecule has 3 rings (SSSR count). The molecule has 3 heteroatoms. The van der Waals surface area contributed by atoms with Gasteiger partial charge in [-0.15, -0.1) is 0 Å². The van der Waals surface area contributed by atoms with E-state index in [1.165, 1.54) is 6.07 Å². The quantitative estimate of drug-likeness (QED) is 0.867. The third kappa shape index (κ3) is 2.04. The van der Waals surface area contributed by atoms with Crippen molar-refractivity contribution in [1.29, 1.82) is 0 Å². The topological polar surface area (TPSA) is 21.3 Å². The summed E-state index contributed by atoms with van der Waals surface area (Å²) in [5.74, 6) is 0.666. The van der Waals surface area contributed by atoms with E-state index in [2.05, 4.69) is 5.32 Å². The van der Waals surface area contributed by atoms with E-state index in [4.69, 9.17) is 4.74 Å². The van der Waals surface area contributed by atoms with E-state index < -0.39 is 0 Å². The lowest BCUT2D eigenvalue weighted by atomic mass is 10.0. The lowest BCUT2D eigenvalue weighted by molar-refractivity contribution is 0.274. The van der Waals surface area contributed by atoms with Gasteiger partial charge in [0, 0.05) is 12.0 Å². The van der Waals surface area contributed by atoms with E-state index in [0.29, 0.717) is 12.3 Å². The van der Waals surface area contributed by atoms with Gasteiger partial charge in [0.1, 0.15) is 11.6 Å². The molecule has 1 N–H and O–H groups in total. The molecule has 1 aliphatic rings. The lowest BCUT2D eigenvalue weighted by Gasteiger charge is -2.27. The molecule has 0 spiro atoms. The Morgan fingerprint density at radius 1 is 1.06 bits per heavy atom. The van der Waals surface area contributed by atoms with Crippen LogP contribution in [0.2, 0.25) is 0 Å². The van der Waals surface area contributed by atoms with Crippen molar-refractivity contribution in [3.8, 4) is 5.75 Å². The fraction of sp³-hybridized carbons (Fsp3) is 0.200. The number of ether oxygens (including phenoxy) is 1. The molecule has 1 aliphatic heterocycles. The minimum atomic E-state index is -0.221. The molecule has 1 unspecified atom stereocenters. The van der Waals surface area contributed by atoms with E-state index in [9.17, 15) is 4.39 Å². The van der Waals surface area contributed by atoms with Crippen LogP contribution >= 0.6 is 0 Å². The van der Waals surface area contributed by atoms with Gasteiger partial charge in [-0.05, 0) is 18.2 Å². The third-order valence-electron chi connectivity index (χ3n) is 3.16. The first kappa shape index (κ1) is 11.1. The van der Waals surface area contributed by atoms with Gasteiger partial charge in [0.05, 0.1) is 18.3 Å². The van der Waals surface area contributed by atoms with E-state index in [1.807, 2.05) is 30.3 Å². The molecule has 2 aromatic rings. The average Bonchev–Trinajstić information content (AvgIpc) is 2.42. The SMILES string of the molecule is Fc1ccccc1NC1CCOc2ccccc21. The summed E-state index contributed by atoms with van der Waals surface area (Å²) in [6.45, 7) is 0.656. The molecule has 0 saturated carbocycles. The highest BCUT2D eigenvalue weighted by Gasteiger charge is 2.21. The molecule has 0 saturated heterocycles. The van der Waals surface area contributed by atoms with Crippen molar-refractivity contribution in [3.05, 3.63) is 59.9 Å². The van der Waals surface area contributed by atoms with Crippen LogP contribution in [-0.4, -0.2) is 6.61 Å². The van der Waals surface area contributed by atoms with Crippen molar-refractivity contribution in [2.45, 2.75) is 12.5 Å². The largest absolute Gasteiger partial charge is 0.493 e. The van der Waals surface area contributed by atoms with Crippen molar-refractivity contribution < 1.29 is 9.13 Å². The molecule has 0 aromatic heterocycles. The van der Waals surface area contributed by atoms with Gasteiger partial charge in [0.15, 0.2) is 0 Å². The van der Waals surface area contributed by atoms with Crippen LogP contribution in [0.25, 0.3) is 0 Å². The zero-order valence-corrected chi connectivity index (χ0v) is 9.90. The molecule has 92 valence electrons. The second-order valence-corrected chi connectivity index (χ2v) is 4.35. The third-order valence-corrected chi connectivity index (χ3v) is 3.16. The summed E-state index contributed by atoms with van der Waals surface area (Å²) in [4.78, 5) is 0. The van der Waals surface area contributed by atoms with E-state index >= 15 is 0 Å². The van der Waals surface area contributed by atoms with Crippen LogP contribution in [0.1, 0.15) is 18.0 Å². The fourth-order valence-electron chi connectivity index (χ4n) is 2.26. The van der Waals surface area contributed by atoms with Crippen molar-refractivity contribution in [1.82, 2.24) is 0 Å². The minimum absolute atomic E-state index is 0.104. The summed E-state index contributed by atoms with van der Waals surface area (Å²) in [6.07, 6.45) is 0.839. The molecule has 2 aromatic carbocycles. The first-order valence-corrected chi connectivity index (χ1v) is 6.07. The molecule has 0 fully saturated rings. The second-order valence-electron chi connectivity index (χ2n) is 4.35. The highest BCUT2D eigenvalue weighted by atomic mass is 19.1. The van der Waals surface area contributed by atoms with Gasteiger partial charge >= 0.3 is 0 Å². The summed E-state index contributed by atoms with van der Waals surface area (Å²) >= 11 is 0.